The van der Waals surface area contributed by atoms with Gasteiger partial charge in [0.2, 0.25) is 5.95 Å². The van der Waals surface area contributed by atoms with Crippen LogP contribution in [-0.2, 0) is 11.3 Å². The summed E-state index contributed by atoms with van der Waals surface area (Å²) >= 11 is 0. The molecule has 0 amide bonds. The average molecular weight is 262 g/mol. The summed E-state index contributed by atoms with van der Waals surface area (Å²) in [5, 5.41) is 0. The van der Waals surface area contributed by atoms with E-state index in [0.29, 0.717) is 0 Å². The monoisotopic (exact) mass is 262 g/mol. The molecule has 2 aliphatic heterocycles. The van der Waals surface area contributed by atoms with Gasteiger partial charge in [0.25, 0.3) is 0 Å². The van der Waals surface area contributed by atoms with Gasteiger partial charge in [-0.2, -0.15) is 0 Å². The summed E-state index contributed by atoms with van der Waals surface area (Å²) in [7, 11) is 0. The minimum Gasteiger partial charge on any atom is -0.378 e. The molecule has 2 aliphatic rings. The average Bonchev–Trinajstić information content (AvgIpc) is 2.49. The first-order valence-electron chi connectivity index (χ1n) is 7.29. The molecule has 0 radical (unpaired) electrons. The Bertz CT molecular complexity index is 400. The van der Waals surface area contributed by atoms with E-state index >= 15 is 0 Å². The van der Waals surface area contributed by atoms with Gasteiger partial charge in [0.15, 0.2) is 0 Å². The van der Waals surface area contributed by atoms with Crippen molar-refractivity contribution in [1.82, 2.24) is 14.9 Å². The van der Waals surface area contributed by atoms with Gasteiger partial charge in [-0.3, -0.25) is 4.90 Å². The number of likely N-dealkylation sites (tertiary alicyclic amines) is 1. The van der Waals surface area contributed by atoms with Gasteiger partial charge in [-0.05, 0) is 32.0 Å². The highest BCUT2D eigenvalue weighted by Crippen LogP contribution is 2.14. The molecule has 3 heterocycles. The molecule has 19 heavy (non-hydrogen) atoms. The maximum absolute atomic E-state index is 5.37. The summed E-state index contributed by atoms with van der Waals surface area (Å²) in [6.45, 7) is 6.72. The molecule has 0 unspecified atom stereocenters. The van der Waals surface area contributed by atoms with Gasteiger partial charge in [-0.15, -0.1) is 0 Å². The topological polar surface area (TPSA) is 41.5 Å². The van der Waals surface area contributed by atoms with E-state index in [0.717, 1.165) is 44.5 Å². The quantitative estimate of drug-likeness (QED) is 0.821. The SMILES string of the molecule is c1cc(CN2CCCCC2)nc(N2CCOCC2)n1. The largest absolute Gasteiger partial charge is 0.378 e. The maximum atomic E-state index is 5.37. The van der Waals surface area contributed by atoms with Crippen LogP contribution in [0.1, 0.15) is 25.0 Å². The van der Waals surface area contributed by atoms with Gasteiger partial charge in [-0.25, -0.2) is 9.97 Å². The minimum atomic E-state index is 0.777. The Morgan fingerprint density at radius 1 is 1.05 bits per heavy atom. The molecule has 2 fully saturated rings. The number of aromatic nitrogens is 2. The second-order valence-electron chi connectivity index (χ2n) is 5.28. The molecule has 1 aromatic rings. The molecule has 104 valence electrons. The highest BCUT2D eigenvalue weighted by molar-refractivity contribution is 5.30. The Morgan fingerprint density at radius 2 is 1.84 bits per heavy atom. The summed E-state index contributed by atoms with van der Waals surface area (Å²) in [5.41, 5.74) is 1.14. The van der Waals surface area contributed by atoms with Crippen molar-refractivity contribution in [3.05, 3.63) is 18.0 Å². The van der Waals surface area contributed by atoms with Crippen LogP contribution < -0.4 is 4.90 Å². The van der Waals surface area contributed by atoms with Crippen molar-refractivity contribution in [2.24, 2.45) is 0 Å². The smallest absolute Gasteiger partial charge is 0.225 e. The van der Waals surface area contributed by atoms with Crippen molar-refractivity contribution in [2.75, 3.05) is 44.3 Å². The van der Waals surface area contributed by atoms with E-state index < -0.39 is 0 Å². The third-order valence-electron chi connectivity index (χ3n) is 3.83. The molecule has 3 rings (SSSR count). The number of nitrogens with zero attached hydrogens (tertiary/aromatic N) is 4. The van der Waals surface area contributed by atoms with E-state index in [1.165, 1.54) is 32.4 Å². The number of anilines is 1. The second-order valence-corrected chi connectivity index (χ2v) is 5.28. The van der Waals surface area contributed by atoms with Crippen molar-refractivity contribution in [1.29, 1.82) is 0 Å². The Kier molecular flexibility index (Phi) is 4.25. The normalized spacial score (nSPS) is 21.6. The van der Waals surface area contributed by atoms with Crippen LogP contribution in [0.4, 0.5) is 5.95 Å². The third-order valence-corrected chi connectivity index (χ3v) is 3.83. The van der Waals surface area contributed by atoms with E-state index in [9.17, 15) is 0 Å². The van der Waals surface area contributed by atoms with Crippen LogP contribution in [0.15, 0.2) is 12.3 Å². The van der Waals surface area contributed by atoms with Gasteiger partial charge in [0.05, 0.1) is 18.9 Å². The van der Waals surface area contributed by atoms with Crippen LogP contribution in [0.5, 0.6) is 0 Å². The minimum absolute atomic E-state index is 0.777. The Hall–Kier alpha value is -1.20. The van der Waals surface area contributed by atoms with E-state index in [-0.39, 0.29) is 0 Å². The van der Waals surface area contributed by atoms with Gasteiger partial charge < -0.3 is 9.64 Å². The second kappa shape index (κ2) is 6.30. The molecular weight excluding hydrogens is 240 g/mol. The van der Waals surface area contributed by atoms with E-state index in [1.54, 1.807) is 0 Å². The molecule has 5 nitrogen and oxygen atoms in total. The number of hydrogen-bond donors (Lipinski definition) is 0. The first-order valence-corrected chi connectivity index (χ1v) is 7.29. The van der Waals surface area contributed by atoms with Crippen LogP contribution in [0.3, 0.4) is 0 Å². The molecule has 0 aromatic carbocycles. The Balaban J connectivity index is 1.64. The van der Waals surface area contributed by atoms with Crippen molar-refractivity contribution >= 4 is 5.95 Å². The molecule has 2 saturated heterocycles. The van der Waals surface area contributed by atoms with Crippen LogP contribution in [0.25, 0.3) is 0 Å². The molecule has 5 heteroatoms. The number of piperidine rings is 1. The molecule has 0 bridgehead atoms. The first-order chi connectivity index (χ1) is 9.42. The summed E-state index contributed by atoms with van der Waals surface area (Å²) in [6, 6.07) is 2.04. The lowest BCUT2D eigenvalue weighted by molar-refractivity contribution is 0.122. The zero-order valence-electron chi connectivity index (χ0n) is 11.4. The Labute approximate surface area is 114 Å². The van der Waals surface area contributed by atoms with Crippen LogP contribution in [0.2, 0.25) is 0 Å². The van der Waals surface area contributed by atoms with Crippen molar-refractivity contribution in [3.8, 4) is 0 Å². The summed E-state index contributed by atoms with van der Waals surface area (Å²) in [6.07, 6.45) is 5.90. The molecule has 0 saturated carbocycles. The van der Waals surface area contributed by atoms with Crippen molar-refractivity contribution < 1.29 is 4.74 Å². The fraction of sp³-hybridized carbons (Fsp3) is 0.714. The molecule has 1 aromatic heterocycles. The predicted octanol–water partition coefficient (Wildman–Crippen LogP) is 1.30. The standard InChI is InChI=1S/C14H22N4O/c1-2-6-17(7-3-1)12-13-4-5-15-14(16-13)18-8-10-19-11-9-18/h4-5H,1-3,6-12H2. The van der Waals surface area contributed by atoms with Crippen LogP contribution in [-0.4, -0.2) is 54.3 Å². The number of hydrogen-bond acceptors (Lipinski definition) is 5. The molecule has 0 N–H and O–H groups in total. The summed E-state index contributed by atoms with van der Waals surface area (Å²) in [5.74, 6) is 0.859. The van der Waals surface area contributed by atoms with Crippen molar-refractivity contribution in [3.63, 3.8) is 0 Å². The number of morpholine rings is 1. The zero-order chi connectivity index (χ0) is 12.9. The fourth-order valence-electron chi connectivity index (χ4n) is 2.73. The van der Waals surface area contributed by atoms with Gasteiger partial charge in [-0.1, -0.05) is 6.42 Å². The van der Waals surface area contributed by atoms with E-state index in [4.69, 9.17) is 9.72 Å². The zero-order valence-corrected chi connectivity index (χ0v) is 11.4. The lowest BCUT2D eigenvalue weighted by atomic mass is 10.1. The van der Waals surface area contributed by atoms with Gasteiger partial charge in [0, 0.05) is 25.8 Å². The summed E-state index contributed by atoms with van der Waals surface area (Å²) in [4.78, 5) is 13.8. The van der Waals surface area contributed by atoms with Crippen molar-refractivity contribution in [2.45, 2.75) is 25.8 Å². The lowest BCUT2D eigenvalue weighted by Gasteiger charge is -2.28. The molecule has 0 spiro atoms. The molecular formula is C14H22N4O. The van der Waals surface area contributed by atoms with Crippen LogP contribution in [0, 0.1) is 0 Å². The van der Waals surface area contributed by atoms with Gasteiger partial charge >= 0.3 is 0 Å². The highest BCUT2D eigenvalue weighted by Gasteiger charge is 2.15. The van der Waals surface area contributed by atoms with E-state index in [1.807, 2.05) is 12.3 Å². The van der Waals surface area contributed by atoms with Gasteiger partial charge in [0.1, 0.15) is 0 Å². The maximum Gasteiger partial charge on any atom is 0.225 e. The highest BCUT2D eigenvalue weighted by atomic mass is 16.5. The molecule has 0 aliphatic carbocycles. The number of ether oxygens (including phenoxy) is 1. The summed E-state index contributed by atoms with van der Waals surface area (Å²) < 4.78 is 5.37. The van der Waals surface area contributed by atoms with Crippen LogP contribution >= 0.6 is 0 Å². The molecule has 0 atom stereocenters. The predicted molar refractivity (Wildman–Crippen MR) is 74.2 cm³/mol. The third kappa shape index (κ3) is 3.42. The Morgan fingerprint density at radius 3 is 2.63 bits per heavy atom. The first kappa shape index (κ1) is 12.8. The van der Waals surface area contributed by atoms with E-state index in [2.05, 4.69) is 14.8 Å². The fourth-order valence-corrected chi connectivity index (χ4v) is 2.73. The lowest BCUT2D eigenvalue weighted by Crippen LogP contribution is -2.37. The number of rotatable bonds is 3.